The average molecular weight is 324 g/mol. The molecular formula is C18H28ClN2O-. The van der Waals surface area contributed by atoms with Crippen molar-refractivity contribution in [2.75, 3.05) is 0 Å². The predicted octanol–water partition coefficient (Wildman–Crippen LogP) is 0.346. The summed E-state index contributed by atoms with van der Waals surface area (Å²) in [5, 5.41) is 6.85. The Kier molecular flexibility index (Phi) is 5.69. The van der Waals surface area contributed by atoms with Gasteiger partial charge in [-0.15, -0.1) is 0 Å². The van der Waals surface area contributed by atoms with Gasteiger partial charge >= 0.3 is 0 Å². The van der Waals surface area contributed by atoms with Crippen LogP contribution in [0.3, 0.4) is 0 Å². The van der Waals surface area contributed by atoms with Crippen LogP contribution in [-0.2, 0) is 0 Å². The van der Waals surface area contributed by atoms with E-state index in [0.717, 1.165) is 24.0 Å². The van der Waals surface area contributed by atoms with E-state index >= 15 is 0 Å². The first-order valence-electron chi connectivity index (χ1n) is 7.75. The first-order chi connectivity index (χ1) is 9.58. The molecule has 0 atom stereocenters. The summed E-state index contributed by atoms with van der Waals surface area (Å²) in [4.78, 5) is 12.5. The van der Waals surface area contributed by atoms with E-state index in [0.29, 0.717) is 0 Å². The number of benzene rings is 1. The fourth-order valence-corrected chi connectivity index (χ4v) is 3.58. The lowest BCUT2D eigenvalue weighted by Gasteiger charge is -2.46. The van der Waals surface area contributed by atoms with Crippen LogP contribution in [0.15, 0.2) is 18.2 Å². The van der Waals surface area contributed by atoms with Gasteiger partial charge < -0.3 is 23.0 Å². The Hall–Kier alpha value is -1.06. The number of aryl methyl sites for hydroxylation is 2. The SMILES string of the molecule is Cc1ccc(C(=O)NC2CC(C)(C)NC(C)(C)C2)cc1C.[Cl-]. The van der Waals surface area contributed by atoms with Crippen LogP contribution < -0.4 is 23.0 Å². The lowest BCUT2D eigenvalue weighted by Crippen LogP contribution is -3.00. The molecule has 0 bridgehead atoms. The highest BCUT2D eigenvalue weighted by molar-refractivity contribution is 5.94. The second kappa shape index (κ2) is 6.59. The first-order valence-corrected chi connectivity index (χ1v) is 7.75. The van der Waals surface area contributed by atoms with E-state index in [-0.39, 0.29) is 35.4 Å². The Morgan fingerprint density at radius 3 is 2.14 bits per heavy atom. The fraction of sp³-hybridized carbons (Fsp3) is 0.611. The highest BCUT2D eigenvalue weighted by atomic mass is 35.5. The van der Waals surface area contributed by atoms with Gasteiger partial charge in [0.1, 0.15) is 0 Å². The third kappa shape index (κ3) is 4.72. The molecule has 0 aromatic heterocycles. The zero-order valence-electron chi connectivity index (χ0n) is 14.5. The van der Waals surface area contributed by atoms with Crippen molar-refractivity contribution in [3.8, 4) is 0 Å². The van der Waals surface area contributed by atoms with Crippen LogP contribution in [0.5, 0.6) is 0 Å². The molecule has 0 aliphatic carbocycles. The summed E-state index contributed by atoms with van der Waals surface area (Å²) in [7, 11) is 0. The van der Waals surface area contributed by atoms with Gasteiger partial charge in [0.15, 0.2) is 0 Å². The van der Waals surface area contributed by atoms with Crippen LogP contribution in [0.2, 0.25) is 0 Å². The Labute approximate surface area is 140 Å². The Balaban J connectivity index is 0.00000242. The summed E-state index contributed by atoms with van der Waals surface area (Å²) >= 11 is 0. The maximum atomic E-state index is 12.5. The van der Waals surface area contributed by atoms with Crippen molar-refractivity contribution in [2.24, 2.45) is 0 Å². The van der Waals surface area contributed by atoms with E-state index in [1.807, 2.05) is 25.1 Å². The van der Waals surface area contributed by atoms with Gasteiger partial charge in [-0.2, -0.15) is 0 Å². The van der Waals surface area contributed by atoms with Gasteiger partial charge in [-0.25, -0.2) is 0 Å². The number of piperidine rings is 1. The van der Waals surface area contributed by atoms with Crippen LogP contribution in [0.25, 0.3) is 0 Å². The van der Waals surface area contributed by atoms with E-state index in [9.17, 15) is 4.79 Å². The molecule has 3 nitrogen and oxygen atoms in total. The van der Waals surface area contributed by atoms with Crippen molar-refractivity contribution in [1.82, 2.24) is 10.6 Å². The quantitative estimate of drug-likeness (QED) is 0.824. The van der Waals surface area contributed by atoms with E-state index in [2.05, 4.69) is 45.3 Å². The Morgan fingerprint density at radius 2 is 1.64 bits per heavy atom. The van der Waals surface area contributed by atoms with E-state index in [1.165, 1.54) is 5.56 Å². The summed E-state index contributed by atoms with van der Waals surface area (Å²) in [5.74, 6) is 0.0385. The second-order valence-corrected chi connectivity index (χ2v) is 7.77. The van der Waals surface area contributed by atoms with Crippen molar-refractivity contribution in [2.45, 2.75) is 71.5 Å². The summed E-state index contributed by atoms with van der Waals surface area (Å²) in [6.45, 7) is 12.9. The summed E-state index contributed by atoms with van der Waals surface area (Å²) in [5.41, 5.74) is 3.22. The van der Waals surface area contributed by atoms with Crippen molar-refractivity contribution < 1.29 is 17.2 Å². The molecule has 0 spiro atoms. The van der Waals surface area contributed by atoms with Crippen LogP contribution in [0, 0.1) is 13.8 Å². The van der Waals surface area contributed by atoms with Gasteiger partial charge in [0.25, 0.3) is 5.91 Å². The zero-order valence-corrected chi connectivity index (χ0v) is 15.3. The number of rotatable bonds is 2. The van der Waals surface area contributed by atoms with Gasteiger partial charge in [-0.05, 0) is 77.6 Å². The first kappa shape index (κ1) is 19.0. The number of halogens is 1. The molecule has 2 N–H and O–H groups in total. The minimum Gasteiger partial charge on any atom is -1.00 e. The van der Waals surface area contributed by atoms with Crippen molar-refractivity contribution in [3.05, 3.63) is 34.9 Å². The smallest absolute Gasteiger partial charge is 0.251 e. The molecule has 0 radical (unpaired) electrons. The topological polar surface area (TPSA) is 41.1 Å². The third-order valence-electron chi connectivity index (χ3n) is 4.29. The molecule has 1 aromatic rings. The largest absolute Gasteiger partial charge is 1.00 e. The van der Waals surface area contributed by atoms with Gasteiger partial charge in [0.2, 0.25) is 0 Å². The Bertz CT molecular complexity index is 536. The number of amides is 1. The van der Waals surface area contributed by atoms with Crippen LogP contribution in [0.4, 0.5) is 0 Å². The molecule has 0 saturated carbocycles. The van der Waals surface area contributed by atoms with E-state index < -0.39 is 0 Å². The number of hydrogen-bond acceptors (Lipinski definition) is 2. The van der Waals surface area contributed by atoms with Gasteiger partial charge in [-0.3, -0.25) is 4.79 Å². The minimum atomic E-state index is 0. The lowest BCUT2D eigenvalue weighted by molar-refractivity contribution is -0.0000186. The Morgan fingerprint density at radius 1 is 1.09 bits per heavy atom. The molecule has 1 saturated heterocycles. The van der Waals surface area contributed by atoms with Crippen molar-refractivity contribution >= 4 is 5.91 Å². The average Bonchev–Trinajstić information content (AvgIpc) is 2.28. The number of carbonyl (C=O) groups excluding carboxylic acids is 1. The summed E-state index contributed by atoms with van der Waals surface area (Å²) < 4.78 is 0. The molecule has 1 amide bonds. The predicted molar refractivity (Wildman–Crippen MR) is 87.7 cm³/mol. The standard InChI is InChI=1S/C18H28N2O.ClH/c1-12-7-8-14(9-13(12)2)16(21)19-15-10-17(3,4)20-18(5,6)11-15;/h7-9,15,20H,10-11H2,1-6H3,(H,19,21);1H/p-1. The lowest BCUT2D eigenvalue weighted by atomic mass is 9.79. The molecule has 124 valence electrons. The zero-order chi connectivity index (χ0) is 15.8. The van der Waals surface area contributed by atoms with Gasteiger partial charge in [0.05, 0.1) is 0 Å². The molecule has 22 heavy (non-hydrogen) atoms. The third-order valence-corrected chi connectivity index (χ3v) is 4.29. The molecule has 1 aliphatic rings. The fourth-order valence-electron chi connectivity index (χ4n) is 3.58. The minimum absolute atomic E-state index is 0. The summed E-state index contributed by atoms with van der Waals surface area (Å²) in [6.07, 6.45) is 1.90. The molecule has 1 aliphatic heterocycles. The van der Waals surface area contributed by atoms with Crippen molar-refractivity contribution in [3.63, 3.8) is 0 Å². The number of nitrogens with one attached hydrogen (secondary N) is 2. The van der Waals surface area contributed by atoms with Gasteiger partial charge in [-0.1, -0.05) is 6.07 Å². The van der Waals surface area contributed by atoms with Crippen LogP contribution in [0.1, 0.15) is 62.0 Å². The van der Waals surface area contributed by atoms with Crippen LogP contribution in [-0.4, -0.2) is 23.0 Å². The number of carbonyl (C=O) groups is 1. The molecule has 4 heteroatoms. The van der Waals surface area contributed by atoms with Crippen LogP contribution >= 0.6 is 0 Å². The normalized spacial score (nSPS) is 20.1. The molecule has 2 rings (SSSR count). The number of hydrogen-bond donors (Lipinski definition) is 2. The molecular weight excluding hydrogens is 296 g/mol. The van der Waals surface area contributed by atoms with E-state index in [4.69, 9.17) is 0 Å². The molecule has 0 unspecified atom stereocenters. The summed E-state index contributed by atoms with van der Waals surface area (Å²) in [6, 6.07) is 6.11. The molecule has 1 fully saturated rings. The maximum absolute atomic E-state index is 12.5. The highest BCUT2D eigenvalue weighted by Gasteiger charge is 2.38. The molecule has 1 aromatic carbocycles. The monoisotopic (exact) mass is 323 g/mol. The maximum Gasteiger partial charge on any atom is 0.251 e. The molecule has 1 heterocycles. The van der Waals surface area contributed by atoms with Gasteiger partial charge in [0, 0.05) is 22.7 Å². The van der Waals surface area contributed by atoms with E-state index in [1.54, 1.807) is 0 Å². The van der Waals surface area contributed by atoms with Crippen molar-refractivity contribution in [1.29, 1.82) is 0 Å². The second-order valence-electron chi connectivity index (χ2n) is 7.77. The highest BCUT2D eigenvalue weighted by Crippen LogP contribution is 2.28.